The first-order chi connectivity index (χ1) is 12.7. The summed E-state index contributed by atoms with van der Waals surface area (Å²) in [5.74, 6) is 0.708. The van der Waals surface area contributed by atoms with Crippen LogP contribution in [0.25, 0.3) is 0 Å². The van der Waals surface area contributed by atoms with Gasteiger partial charge in [0.25, 0.3) is 5.91 Å². The number of aliphatic hydroxyl groups is 1. The second kappa shape index (κ2) is 7.11. The Morgan fingerprint density at radius 3 is 2.81 bits per heavy atom. The second-order valence-electron chi connectivity index (χ2n) is 5.86. The Kier molecular flexibility index (Phi) is 4.67. The molecule has 3 aromatic rings. The lowest BCUT2D eigenvalue weighted by molar-refractivity contribution is 0.0716. The summed E-state index contributed by atoms with van der Waals surface area (Å²) in [5.41, 5.74) is -0.100. The summed E-state index contributed by atoms with van der Waals surface area (Å²) < 4.78 is 11.1. The zero-order valence-corrected chi connectivity index (χ0v) is 15.4. The number of hydrogen-bond acceptors (Lipinski definition) is 6. The van der Waals surface area contributed by atoms with Gasteiger partial charge in [0.05, 0.1) is 12.1 Å². The maximum absolute atomic E-state index is 12.8. The number of nitrogens with one attached hydrogen (secondary N) is 1. The van der Waals surface area contributed by atoms with Crippen molar-refractivity contribution in [1.29, 1.82) is 0 Å². The van der Waals surface area contributed by atoms with E-state index in [1.54, 1.807) is 18.2 Å². The Bertz CT molecular complexity index is 856. The zero-order valence-electron chi connectivity index (χ0n) is 13.8. The van der Waals surface area contributed by atoms with E-state index in [-0.39, 0.29) is 12.5 Å². The predicted molar refractivity (Wildman–Crippen MR) is 101 cm³/mol. The highest BCUT2D eigenvalue weighted by Crippen LogP contribution is 2.35. The van der Waals surface area contributed by atoms with Gasteiger partial charge in [-0.3, -0.25) is 4.79 Å². The molecule has 0 fully saturated rings. The summed E-state index contributed by atoms with van der Waals surface area (Å²) in [6, 6.07) is 10.9. The average molecular weight is 387 g/mol. The summed E-state index contributed by atoms with van der Waals surface area (Å²) in [5, 5.41) is 19.9. The first kappa shape index (κ1) is 17.1. The van der Waals surface area contributed by atoms with E-state index in [1.807, 2.05) is 34.3 Å². The van der Waals surface area contributed by atoms with Gasteiger partial charge in [0.2, 0.25) is 0 Å². The van der Waals surface area contributed by atoms with E-state index in [0.717, 1.165) is 10.4 Å². The Balaban J connectivity index is 1.58. The van der Waals surface area contributed by atoms with Crippen molar-refractivity contribution in [2.75, 3.05) is 19.8 Å². The highest BCUT2D eigenvalue weighted by molar-refractivity contribution is 7.10. The number of thiophene rings is 2. The van der Waals surface area contributed by atoms with Crippen molar-refractivity contribution in [3.63, 3.8) is 0 Å². The minimum absolute atomic E-state index is 0.0631. The molecule has 3 heterocycles. The minimum atomic E-state index is -1.27. The number of para-hydroxylation sites is 1. The fourth-order valence-electron chi connectivity index (χ4n) is 2.90. The molecule has 0 saturated heterocycles. The fraction of sp³-hybridized carbons (Fsp3) is 0.211. The van der Waals surface area contributed by atoms with E-state index >= 15 is 0 Å². The first-order valence-electron chi connectivity index (χ1n) is 8.14. The Morgan fingerprint density at radius 1 is 1.15 bits per heavy atom. The molecule has 134 valence electrons. The minimum Gasteiger partial charge on any atom is -0.486 e. The third kappa shape index (κ3) is 3.09. The normalized spacial score (nSPS) is 15.3. The van der Waals surface area contributed by atoms with Crippen LogP contribution in [0.15, 0.2) is 52.5 Å². The molecule has 26 heavy (non-hydrogen) atoms. The van der Waals surface area contributed by atoms with Crippen molar-refractivity contribution in [2.45, 2.75) is 5.60 Å². The molecule has 0 radical (unpaired) electrons. The van der Waals surface area contributed by atoms with E-state index in [1.165, 1.54) is 22.7 Å². The van der Waals surface area contributed by atoms with E-state index < -0.39 is 5.60 Å². The molecular formula is C19H17NO4S2. The van der Waals surface area contributed by atoms with Crippen molar-refractivity contribution in [3.8, 4) is 11.5 Å². The van der Waals surface area contributed by atoms with E-state index in [9.17, 15) is 9.90 Å². The number of carbonyl (C=O) groups excluding carboxylic acids is 1. The maximum atomic E-state index is 12.8. The van der Waals surface area contributed by atoms with Crippen LogP contribution < -0.4 is 14.8 Å². The molecule has 1 aliphatic heterocycles. The molecule has 5 nitrogen and oxygen atoms in total. The van der Waals surface area contributed by atoms with Gasteiger partial charge in [-0.1, -0.05) is 12.1 Å². The summed E-state index contributed by atoms with van der Waals surface area (Å²) >= 11 is 2.97. The SMILES string of the molecule is O=C(NCC(O)(c1ccsc1)c1cccs1)c1cccc2c1OCCO2. The van der Waals surface area contributed by atoms with Crippen LogP contribution in [-0.4, -0.2) is 30.8 Å². The summed E-state index contributed by atoms with van der Waals surface area (Å²) in [6.45, 7) is 0.938. The van der Waals surface area contributed by atoms with Crippen molar-refractivity contribution in [2.24, 2.45) is 0 Å². The molecule has 7 heteroatoms. The number of carbonyl (C=O) groups is 1. The first-order valence-corrected chi connectivity index (χ1v) is 9.96. The molecule has 4 rings (SSSR count). The van der Waals surface area contributed by atoms with Gasteiger partial charge in [0, 0.05) is 10.4 Å². The lowest BCUT2D eigenvalue weighted by Crippen LogP contribution is -2.41. The smallest absolute Gasteiger partial charge is 0.255 e. The van der Waals surface area contributed by atoms with Crippen LogP contribution in [0.4, 0.5) is 0 Å². The molecule has 0 saturated carbocycles. The number of fused-ring (bicyclic) bond motifs is 1. The largest absolute Gasteiger partial charge is 0.486 e. The third-order valence-electron chi connectivity index (χ3n) is 4.24. The predicted octanol–water partition coefficient (Wildman–Crippen LogP) is 3.25. The van der Waals surface area contributed by atoms with E-state index in [0.29, 0.717) is 30.3 Å². The molecule has 0 spiro atoms. The van der Waals surface area contributed by atoms with Crippen LogP contribution in [0.1, 0.15) is 20.8 Å². The highest BCUT2D eigenvalue weighted by Gasteiger charge is 2.34. The maximum Gasteiger partial charge on any atom is 0.255 e. The van der Waals surface area contributed by atoms with Crippen LogP contribution in [-0.2, 0) is 5.60 Å². The summed E-state index contributed by atoms with van der Waals surface area (Å²) in [6.07, 6.45) is 0. The molecule has 0 aliphatic carbocycles. The monoisotopic (exact) mass is 387 g/mol. The van der Waals surface area contributed by atoms with Crippen LogP contribution in [0, 0.1) is 0 Å². The molecule has 1 atom stereocenters. The second-order valence-corrected chi connectivity index (χ2v) is 7.59. The van der Waals surface area contributed by atoms with Crippen molar-refractivity contribution in [1.82, 2.24) is 5.32 Å². The number of ether oxygens (including phenoxy) is 2. The number of hydrogen-bond donors (Lipinski definition) is 2. The van der Waals surface area contributed by atoms with Crippen LogP contribution in [0.5, 0.6) is 11.5 Å². The Labute approximate surface area is 158 Å². The van der Waals surface area contributed by atoms with Gasteiger partial charge in [-0.2, -0.15) is 11.3 Å². The van der Waals surface area contributed by atoms with Gasteiger partial charge in [-0.15, -0.1) is 11.3 Å². The lowest BCUT2D eigenvalue weighted by atomic mass is 9.94. The topological polar surface area (TPSA) is 67.8 Å². The van der Waals surface area contributed by atoms with Crippen LogP contribution in [0.3, 0.4) is 0 Å². The zero-order chi connectivity index (χ0) is 18.0. The van der Waals surface area contributed by atoms with Crippen LogP contribution >= 0.6 is 22.7 Å². The molecule has 1 unspecified atom stereocenters. The molecule has 2 N–H and O–H groups in total. The standard InChI is InChI=1S/C19H17NO4S2/c21-18(14-3-1-4-15-17(14)24-8-7-23-15)20-12-19(22,13-6-10-25-11-13)16-5-2-9-26-16/h1-6,9-11,22H,7-8,12H2,(H,20,21). The fourth-order valence-corrected chi connectivity index (χ4v) is 4.47. The van der Waals surface area contributed by atoms with Crippen molar-refractivity contribution in [3.05, 3.63) is 68.5 Å². The lowest BCUT2D eigenvalue weighted by Gasteiger charge is -2.27. The summed E-state index contributed by atoms with van der Waals surface area (Å²) in [4.78, 5) is 13.5. The van der Waals surface area contributed by atoms with Gasteiger partial charge in [-0.05, 0) is 40.4 Å². The highest BCUT2D eigenvalue weighted by atomic mass is 32.1. The molecular weight excluding hydrogens is 370 g/mol. The molecule has 1 aromatic carbocycles. The quantitative estimate of drug-likeness (QED) is 0.705. The third-order valence-corrected chi connectivity index (χ3v) is 5.95. The van der Waals surface area contributed by atoms with Gasteiger partial charge in [-0.25, -0.2) is 0 Å². The van der Waals surface area contributed by atoms with Crippen molar-refractivity contribution < 1.29 is 19.4 Å². The number of rotatable bonds is 5. The Morgan fingerprint density at radius 2 is 2.04 bits per heavy atom. The Hall–Kier alpha value is -2.35. The molecule has 0 bridgehead atoms. The number of amides is 1. The van der Waals surface area contributed by atoms with Gasteiger partial charge >= 0.3 is 0 Å². The van der Waals surface area contributed by atoms with E-state index in [4.69, 9.17) is 9.47 Å². The average Bonchev–Trinajstić information content (AvgIpc) is 3.39. The van der Waals surface area contributed by atoms with Gasteiger partial charge in [0.15, 0.2) is 11.5 Å². The van der Waals surface area contributed by atoms with Crippen molar-refractivity contribution >= 4 is 28.6 Å². The summed E-state index contributed by atoms with van der Waals surface area (Å²) in [7, 11) is 0. The molecule has 1 amide bonds. The van der Waals surface area contributed by atoms with Gasteiger partial charge in [0.1, 0.15) is 18.8 Å². The van der Waals surface area contributed by atoms with Crippen LogP contribution in [0.2, 0.25) is 0 Å². The van der Waals surface area contributed by atoms with E-state index in [2.05, 4.69) is 5.32 Å². The number of benzene rings is 1. The molecule has 1 aliphatic rings. The molecule has 2 aromatic heterocycles. The van der Waals surface area contributed by atoms with Gasteiger partial charge < -0.3 is 19.9 Å².